The Morgan fingerprint density at radius 3 is 2.50 bits per heavy atom. The molecule has 1 heterocycles. The standard InChI is InChI=1S/C22H22Cl2FN7O2/c23-14-4-8-16(9-5-14)34-11-1-10-28-22(27)32-21(33)17-19(26)31-20(18(24)30-17)29-12-13-2-6-15(25)7-3-13/h2-9H,1,10-12H2,(H3,26,29,31)(H3,27,28,32,33). The van der Waals surface area contributed by atoms with E-state index < -0.39 is 5.91 Å². The van der Waals surface area contributed by atoms with E-state index in [1.807, 2.05) is 0 Å². The van der Waals surface area contributed by atoms with Crippen molar-refractivity contribution in [2.75, 3.05) is 24.2 Å². The molecule has 1 aromatic heterocycles. The number of rotatable bonds is 9. The maximum Gasteiger partial charge on any atom is 0.280 e. The molecule has 1 amide bonds. The van der Waals surface area contributed by atoms with E-state index in [1.54, 1.807) is 36.4 Å². The topological polar surface area (TPSA) is 141 Å². The number of amides is 1. The Labute approximate surface area is 205 Å². The van der Waals surface area contributed by atoms with Gasteiger partial charge in [-0.15, -0.1) is 0 Å². The lowest BCUT2D eigenvalue weighted by Gasteiger charge is -2.11. The Balaban J connectivity index is 1.49. The van der Waals surface area contributed by atoms with E-state index in [0.717, 1.165) is 5.56 Å². The first-order valence-electron chi connectivity index (χ1n) is 10.1. The number of anilines is 2. The number of hydrogen-bond acceptors (Lipinski definition) is 7. The van der Waals surface area contributed by atoms with E-state index in [4.69, 9.17) is 39.4 Å². The summed E-state index contributed by atoms with van der Waals surface area (Å²) in [6, 6.07) is 12.9. The zero-order chi connectivity index (χ0) is 24.5. The van der Waals surface area contributed by atoms with Crippen LogP contribution in [-0.2, 0) is 6.54 Å². The molecule has 6 N–H and O–H groups in total. The van der Waals surface area contributed by atoms with Crippen molar-refractivity contribution in [3.8, 4) is 5.75 Å². The second kappa shape index (κ2) is 12.0. The molecule has 0 fully saturated rings. The molecule has 2 aromatic carbocycles. The van der Waals surface area contributed by atoms with Crippen molar-refractivity contribution in [3.05, 3.63) is 75.8 Å². The number of nitrogens with two attached hydrogens (primary N) is 2. The summed E-state index contributed by atoms with van der Waals surface area (Å²) >= 11 is 12.0. The third kappa shape index (κ3) is 7.46. The number of ether oxygens (including phenoxy) is 1. The zero-order valence-corrected chi connectivity index (χ0v) is 19.4. The van der Waals surface area contributed by atoms with E-state index in [0.29, 0.717) is 36.9 Å². The van der Waals surface area contributed by atoms with Gasteiger partial charge in [0.05, 0.1) is 6.61 Å². The Kier molecular flexibility index (Phi) is 8.83. The quantitative estimate of drug-likeness (QED) is 0.197. The van der Waals surface area contributed by atoms with Crippen molar-refractivity contribution < 1.29 is 13.9 Å². The fourth-order valence-corrected chi connectivity index (χ4v) is 3.02. The Hall–Kier alpha value is -3.63. The third-order valence-electron chi connectivity index (χ3n) is 4.38. The van der Waals surface area contributed by atoms with Crippen LogP contribution >= 0.6 is 23.2 Å². The van der Waals surface area contributed by atoms with Crippen molar-refractivity contribution in [2.45, 2.75) is 13.0 Å². The van der Waals surface area contributed by atoms with Crippen LogP contribution in [0.2, 0.25) is 10.2 Å². The number of nitrogens with zero attached hydrogens (tertiary/aromatic N) is 3. The molecule has 0 radical (unpaired) electrons. The van der Waals surface area contributed by atoms with Gasteiger partial charge in [0.25, 0.3) is 5.91 Å². The lowest BCUT2D eigenvalue weighted by atomic mass is 10.2. The predicted octanol–water partition coefficient (Wildman–Crippen LogP) is 3.63. The fourth-order valence-electron chi connectivity index (χ4n) is 2.70. The van der Waals surface area contributed by atoms with Gasteiger partial charge in [0.15, 0.2) is 28.4 Å². The highest BCUT2D eigenvalue weighted by Crippen LogP contribution is 2.21. The molecule has 178 valence electrons. The first-order valence-corrected chi connectivity index (χ1v) is 10.9. The van der Waals surface area contributed by atoms with Crippen molar-refractivity contribution >= 4 is 46.7 Å². The average molecular weight is 506 g/mol. The molecule has 34 heavy (non-hydrogen) atoms. The van der Waals surface area contributed by atoms with Gasteiger partial charge in [0.1, 0.15) is 11.6 Å². The Morgan fingerprint density at radius 2 is 1.79 bits per heavy atom. The van der Waals surface area contributed by atoms with E-state index in [1.165, 1.54) is 12.1 Å². The van der Waals surface area contributed by atoms with E-state index >= 15 is 0 Å². The van der Waals surface area contributed by atoms with Crippen molar-refractivity contribution in [2.24, 2.45) is 10.7 Å². The van der Waals surface area contributed by atoms with Crippen LogP contribution in [0.1, 0.15) is 22.5 Å². The van der Waals surface area contributed by atoms with Crippen molar-refractivity contribution in [1.29, 1.82) is 0 Å². The number of aromatic nitrogens is 2. The van der Waals surface area contributed by atoms with Crippen molar-refractivity contribution in [1.82, 2.24) is 15.3 Å². The largest absolute Gasteiger partial charge is 0.494 e. The summed E-state index contributed by atoms with van der Waals surface area (Å²) in [7, 11) is 0. The molecule has 12 heteroatoms. The Morgan fingerprint density at radius 1 is 1.09 bits per heavy atom. The number of hydrogen-bond donors (Lipinski definition) is 4. The molecule has 0 spiro atoms. The normalized spacial score (nSPS) is 11.2. The first-order chi connectivity index (χ1) is 16.3. The molecule has 0 aliphatic rings. The molecule has 0 aliphatic carbocycles. The molecule has 0 bridgehead atoms. The number of nitrogens with one attached hydrogen (secondary N) is 2. The first kappa shape index (κ1) is 25.0. The summed E-state index contributed by atoms with van der Waals surface area (Å²) in [5, 5.41) is 5.91. The number of benzene rings is 2. The molecule has 0 saturated carbocycles. The average Bonchev–Trinajstić information content (AvgIpc) is 2.81. The van der Waals surface area contributed by atoms with Gasteiger partial charge in [-0.3, -0.25) is 15.1 Å². The minimum Gasteiger partial charge on any atom is -0.494 e. The zero-order valence-electron chi connectivity index (χ0n) is 17.9. The lowest BCUT2D eigenvalue weighted by Crippen LogP contribution is -2.38. The van der Waals surface area contributed by atoms with Gasteiger partial charge in [-0.2, -0.15) is 0 Å². The molecule has 0 saturated heterocycles. The molecule has 3 aromatic rings. The van der Waals surface area contributed by atoms with E-state index in [9.17, 15) is 9.18 Å². The van der Waals surface area contributed by atoms with Gasteiger partial charge >= 0.3 is 0 Å². The van der Waals surface area contributed by atoms with Crippen LogP contribution in [0.3, 0.4) is 0 Å². The monoisotopic (exact) mass is 505 g/mol. The highest BCUT2D eigenvalue weighted by molar-refractivity contribution is 6.32. The highest BCUT2D eigenvalue weighted by Gasteiger charge is 2.17. The molecule has 3 rings (SSSR count). The smallest absolute Gasteiger partial charge is 0.280 e. The summed E-state index contributed by atoms with van der Waals surface area (Å²) in [5.74, 6) is -0.413. The van der Waals surface area contributed by atoms with Crippen LogP contribution in [0.25, 0.3) is 0 Å². The second-order valence-corrected chi connectivity index (χ2v) is 7.75. The summed E-state index contributed by atoms with van der Waals surface area (Å²) < 4.78 is 18.6. The van der Waals surface area contributed by atoms with Gasteiger partial charge in [-0.05, 0) is 42.0 Å². The van der Waals surface area contributed by atoms with Gasteiger partial charge in [0.2, 0.25) is 0 Å². The molecular weight excluding hydrogens is 484 g/mol. The molecule has 0 unspecified atom stereocenters. The van der Waals surface area contributed by atoms with Gasteiger partial charge < -0.3 is 21.5 Å². The maximum absolute atomic E-state index is 13.0. The second-order valence-electron chi connectivity index (χ2n) is 6.95. The molecule has 0 aliphatic heterocycles. The fraction of sp³-hybridized carbons (Fsp3) is 0.182. The molecular formula is C22H22Cl2FN7O2. The van der Waals surface area contributed by atoms with Crippen LogP contribution in [0, 0.1) is 5.82 Å². The summed E-state index contributed by atoms with van der Waals surface area (Å²) in [6.45, 7) is 1.04. The molecule has 9 nitrogen and oxygen atoms in total. The number of aliphatic imine (C=N–C) groups is 1. The maximum atomic E-state index is 13.0. The molecule has 0 atom stereocenters. The van der Waals surface area contributed by atoms with E-state index in [-0.39, 0.29) is 34.3 Å². The SMILES string of the molecule is NC(=NCCCOc1ccc(Cl)cc1)NC(=O)c1nc(Cl)c(NCc2ccc(F)cc2)nc1N. The summed E-state index contributed by atoms with van der Waals surface area (Å²) in [6.07, 6.45) is 0.571. The number of guanidine groups is 1. The Bertz CT molecular complexity index is 1160. The number of halogens is 3. The van der Waals surface area contributed by atoms with Crippen LogP contribution < -0.4 is 26.8 Å². The highest BCUT2D eigenvalue weighted by atomic mass is 35.5. The summed E-state index contributed by atoms with van der Waals surface area (Å²) in [4.78, 5) is 24.6. The van der Waals surface area contributed by atoms with Gasteiger partial charge in [-0.25, -0.2) is 14.4 Å². The third-order valence-corrected chi connectivity index (χ3v) is 4.89. The van der Waals surface area contributed by atoms with Crippen LogP contribution in [0.15, 0.2) is 53.5 Å². The minimum atomic E-state index is -0.698. The number of carbonyl (C=O) groups excluding carboxylic acids is 1. The minimum absolute atomic E-state index is 0.0590. The van der Waals surface area contributed by atoms with Crippen LogP contribution in [-0.4, -0.2) is 35.0 Å². The van der Waals surface area contributed by atoms with Gasteiger partial charge in [0, 0.05) is 24.5 Å². The number of carbonyl (C=O) groups is 1. The summed E-state index contributed by atoms with van der Waals surface area (Å²) in [5.41, 5.74) is 12.2. The van der Waals surface area contributed by atoms with Crippen molar-refractivity contribution in [3.63, 3.8) is 0 Å². The van der Waals surface area contributed by atoms with Gasteiger partial charge in [-0.1, -0.05) is 35.3 Å². The number of nitrogen functional groups attached to an aromatic ring is 1. The van der Waals surface area contributed by atoms with Crippen LogP contribution in [0.5, 0.6) is 5.75 Å². The van der Waals surface area contributed by atoms with Crippen LogP contribution in [0.4, 0.5) is 16.0 Å². The van der Waals surface area contributed by atoms with E-state index in [2.05, 4.69) is 25.6 Å². The lowest BCUT2D eigenvalue weighted by molar-refractivity contribution is 0.0972. The predicted molar refractivity (Wildman–Crippen MR) is 131 cm³/mol.